The first-order chi connectivity index (χ1) is 11.3. The van der Waals surface area contributed by atoms with E-state index in [9.17, 15) is 13.2 Å². The van der Waals surface area contributed by atoms with Crippen LogP contribution in [-0.2, 0) is 10.0 Å². The van der Waals surface area contributed by atoms with Crippen molar-refractivity contribution in [2.24, 2.45) is 0 Å². The molecule has 0 radical (unpaired) electrons. The number of aryl methyl sites for hydroxylation is 1. The van der Waals surface area contributed by atoms with Crippen molar-refractivity contribution >= 4 is 21.7 Å². The van der Waals surface area contributed by atoms with E-state index in [4.69, 9.17) is 9.84 Å². The molecule has 0 saturated carbocycles. The molecular weight excluding hydrogens is 330 g/mol. The van der Waals surface area contributed by atoms with Crippen LogP contribution in [-0.4, -0.2) is 26.1 Å². The van der Waals surface area contributed by atoms with Crippen LogP contribution >= 0.6 is 0 Å². The molecule has 128 valence electrons. The lowest BCUT2D eigenvalue weighted by Gasteiger charge is -2.14. The molecule has 0 saturated heterocycles. The van der Waals surface area contributed by atoms with E-state index in [-0.39, 0.29) is 21.9 Å². The zero-order valence-electron chi connectivity index (χ0n) is 13.4. The van der Waals surface area contributed by atoms with Gasteiger partial charge < -0.3 is 9.84 Å². The fraction of sp³-hybridized carbons (Fsp3) is 0.235. The summed E-state index contributed by atoms with van der Waals surface area (Å²) in [5, 5.41) is 9.01. The second-order valence-electron chi connectivity index (χ2n) is 5.29. The van der Waals surface area contributed by atoms with Crippen LogP contribution in [0.4, 0.5) is 5.69 Å². The SMILES string of the molecule is CCCOc1ccc(C)cc1S(=O)(=O)Nc1cccc(C(=O)O)c1. The molecule has 0 amide bonds. The zero-order chi connectivity index (χ0) is 17.7. The average molecular weight is 349 g/mol. The lowest BCUT2D eigenvalue weighted by molar-refractivity contribution is 0.0697. The summed E-state index contributed by atoms with van der Waals surface area (Å²) in [7, 11) is -3.91. The Kier molecular flexibility index (Phi) is 5.46. The van der Waals surface area contributed by atoms with E-state index in [1.165, 1.54) is 30.3 Å². The maximum Gasteiger partial charge on any atom is 0.335 e. The minimum atomic E-state index is -3.91. The number of carbonyl (C=O) groups is 1. The summed E-state index contributed by atoms with van der Waals surface area (Å²) in [6, 6.07) is 10.5. The van der Waals surface area contributed by atoms with Crippen molar-refractivity contribution in [3.8, 4) is 5.75 Å². The van der Waals surface area contributed by atoms with Crippen molar-refractivity contribution in [3.63, 3.8) is 0 Å². The number of anilines is 1. The molecule has 0 unspecified atom stereocenters. The molecule has 0 aromatic heterocycles. The molecule has 6 nitrogen and oxygen atoms in total. The largest absolute Gasteiger partial charge is 0.492 e. The fourth-order valence-electron chi connectivity index (χ4n) is 2.08. The number of hydrogen-bond donors (Lipinski definition) is 2. The molecule has 0 aliphatic heterocycles. The normalized spacial score (nSPS) is 11.1. The minimum Gasteiger partial charge on any atom is -0.492 e. The van der Waals surface area contributed by atoms with Gasteiger partial charge in [0, 0.05) is 5.69 Å². The van der Waals surface area contributed by atoms with Crippen LogP contribution in [0, 0.1) is 6.92 Å². The summed E-state index contributed by atoms with van der Waals surface area (Å²) in [6.45, 7) is 4.12. The van der Waals surface area contributed by atoms with Gasteiger partial charge in [-0.25, -0.2) is 13.2 Å². The predicted octanol–water partition coefficient (Wildman–Crippen LogP) is 3.28. The van der Waals surface area contributed by atoms with E-state index in [1.54, 1.807) is 19.1 Å². The minimum absolute atomic E-state index is 0.00176. The molecule has 0 spiro atoms. The maximum atomic E-state index is 12.7. The van der Waals surface area contributed by atoms with E-state index in [0.717, 1.165) is 12.0 Å². The highest BCUT2D eigenvalue weighted by Crippen LogP contribution is 2.27. The summed E-state index contributed by atoms with van der Waals surface area (Å²) >= 11 is 0. The highest BCUT2D eigenvalue weighted by atomic mass is 32.2. The molecule has 24 heavy (non-hydrogen) atoms. The Balaban J connectivity index is 2.38. The predicted molar refractivity (Wildman–Crippen MR) is 91.2 cm³/mol. The third kappa shape index (κ3) is 4.26. The zero-order valence-corrected chi connectivity index (χ0v) is 14.3. The standard InChI is InChI=1S/C17H19NO5S/c1-3-9-23-15-8-7-12(2)10-16(15)24(21,22)18-14-6-4-5-13(11-14)17(19)20/h4-8,10-11,18H,3,9H2,1-2H3,(H,19,20). The number of aromatic carboxylic acids is 1. The van der Waals surface area contributed by atoms with E-state index in [1.807, 2.05) is 6.92 Å². The smallest absolute Gasteiger partial charge is 0.335 e. The van der Waals surface area contributed by atoms with Crippen LogP contribution in [0.3, 0.4) is 0 Å². The molecule has 0 aliphatic rings. The number of hydrogen-bond acceptors (Lipinski definition) is 4. The van der Waals surface area contributed by atoms with Crippen molar-refractivity contribution in [3.05, 3.63) is 53.6 Å². The lowest BCUT2D eigenvalue weighted by atomic mass is 10.2. The summed E-state index contributed by atoms with van der Waals surface area (Å²) in [5.74, 6) is -0.858. The van der Waals surface area contributed by atoms with Crippen LogP contribution in [0.5, 0.6) is 5.75 Å². The Bertz CT molecular complexity index is 846. The van der Waals surface area contributed by atoms with Gasteiger partial charge in [-0.1, -0.05) is 19.1 Å². The Morgan fingerprint density at radius 2 is 1.96 bits per heavy atom. The van der Waals surface area contributed by atoms with Gasteiger partial charge >= 0.3 is 5.97 Å². The van der Waals surface area contributed by atoms with E-state index >= 15 is 0 Å². The van der Waals surface area contributed by atoms with Crippen molar-refractivity contribution in [2.75, 3.05) is 11.3 Å². The first-order valence-corrected chi connectivity index (χ1v) is 8.91. The molecule has 0 aliphatic carbocycles. The molecule has 2 aromatic carbocycles. The van der Waals surface area contributed by atoms with Crippen LogP contribution in [0.1, 0.15) is 29.3 Å². The summed E-state index contributed by atoms with van der Waals surface area (Å²) < 4.78 is 33.3. The van der Waals surface area contributed by atoms with Gasteiger partial charge in [0.2, 0.25) is 0 Å². The number of rotatable bonds is 7. The van der Waals surface area contributed by atoms with Crippen molar-refractivity contribution in [1.29, 1.82) is 0 Å². The molecule has 0 bridgehead atoms. The Morgan fingerprint density at radius 3 is 2.62 bits per heavy atom. The van der Waals surface area contributed by atoms with Gasteiger partial charge in [0.25, 0.3) is 10.0 Å². The molecule has 0 fully saturated rings. The van der Waals surface area contributed by atoms with E-state index in [0.29, 0.717) is 6.61 Å². The number of sulfonamides is 1. The number of nitrogens with one attached hydrogen (secondary N) is 1. The number of carboxylic acid groups (broad SMARTS) is 1. The number of ether oxygens (including phenoxy) is 1. The van der Waals surface area contributed by atoms with Crippen molar-refractivity contribution < 1.29 is 23.1 Å². The van der Waals surface area contributed by atoms with Crippen LogP contribution < -0.4 is 9.46 Å². The highest BCUT2D eigenvalue weighted by molar-refractivity contribution is 7.92. The van der Waals surface area contributed by atoms with Crippen molar-refractivity contribution in [1.82, 2.24) is 0 Å². The summed E-state index contributed by atoms with van der Waals surface area (Å²) in [6.07, 6.45) is 0.751. The average Bonchev–Trinajstić information content (AvgIpc) is 2.53. The highest BCUT2D eigenvalue weighted by Gasteiger charge is 2.20. The van der Waals surface area contributed by atoms with Gasteiger partial charge in [-0.15, -0.1) is 0 Å². The van der Waals surface area contributed by atoms with Crippen LogP contribution in [0.2, 0.25) is 0 Å². The number of carboxylic acids is 1. The summed E-state index contributed by atoms with van der Waals surface area (Å²) in [5.41, 5.74) is 0.957. The summed E-state index contributed by atoms with van der Waals surface area (Å²) in [4.78, 5) is 11.0. The Hall–Kier alpha value is -2.54. The van der Waals surface area contributed by atoms with Gasteiger partial charge in [-0.3, -0.25) is 4.72 Å². The lowest BCUT2D eigenvalue weighted by Crippen LogP contribution is -2.15. The van der Waals surface area contributed by atoms with Gasteiger partial charge in [0.1, 0.15) is 10.6 Å². The third-order valence-corrected chi connectivity index (χ3v) is 4.61. The van der Waals surface area contributed by atoms with Gasteiger partial charge in [-0.05, 0) is 49.2 Å². The molecule has 0 atom stereocenters. The molecule has 2 rings (SSSR count). The maximum absolute atomic E-state index is 12.7. The first kappa shape index (κ1) is 17.8. The molecular formula is C17H19NO5S. The number of benzene rings is 2. The third-order valence-electron chi connectivity index (χ3n) is 3.21. The monoisotopic (exact) mass is 349 g/mol. The first-order valence-electron chi connectivity index (χ1n) is 7.43. The topological polar surface area (TPSA) is 92.7 Å². The van der Waals surface area contributed by atoms with E-state index in [2.05, 4.69) is 4.72 Å². The van der Waals surface area contributed by atoms with Gasteiger partial charge in [0.15, 0.2) is 0 Å². The van der Waals surface area contributed by atoms with E-state index < -0.39 is 16.0 Å². The second-order valence-corrected chi connectivity index (χ2v) is 6.94. The van der Waals surface area contributed by atoms with Crippen LogP contribution in [0.25, 0.3) is 0 Å². The Morgan fingerprint density at radius 1 is 1.21 bits per heavy atom. The second kappa shape index (κ2) is 7.35. The van der Waals surface area contributed by atoms with Crippen LogP contribution in [0.15, 0.2) is 47.4 Å². The fourth-order valence-corrected chi connectivity index (χ4v) is 3.36. The quantitative estimate of drug-likeness (QED) is 0.800. The molecule has 0 heterocycles. The molecule has 2 aromatic rings. The molecule has 2 N–H and O–H groups in total. The van der Waals surface area contributed by atoms with Gasteiger partial charge in [-0.2, -0.15) is 0 Å². The Labute approximate surface area is 141 Å². The van der Waals surface area contributed by atoms with Crippen molar-refractivity contribution in [2.45, 2.75) is 25.2 Å². The van der Waals surface area contributed by atoms with Gasteiger partial charge in [0.05, 0.1) is 12.2 Å². The molecule has 7 heteroatoms.